The van der Waals surface area contributed by atoms with Crippen LogP contribution in [0.4, 0.5) is 0 Å². The van der Waals surface area contributed by atoms with Crippen molar-refractivity contribution in [3.8, 4) is 0 Å². The zero-order valence-electron chi connectivity index (χ0n) is 11.8. The molecule has 11 heteroatoms. The van der Waals surface area contributed by atoms with Crippen molar-refractivity contribution in [1.82, 2.24) is 0 Å². The molecule has 0 bridgehead atoms. The minimum absolute atomic E-state index is 0.0511. The monoisotopic (exact) mass is 348 g/mol. The van der Waals surface area contributed by atoms with Gasteiger partial charge in [-0.15, -0.1) is 0 Å². The Labute approximate surface area is 123 Å². The molecule has 3 unspecified atom stereocenters. The van der Waals surface area contributed by atoms with Gasteiger partial charge in [0.25, 0.3) is 0 Å². The van der Waals surface area contributed by atoms with Crippen molar-refractivity contribution in [3.63, 3.8) is 0 Å². The molecule has 0 aromatic heterocycles. The topological polar surface area (TPSA) is 132 Å². The van der Waals surface area contributed by atoms with E-state index in [1.807, 2.05) is 0 Å². The molecule has 126 valence electrons. The van der Waals surface area contributed by atoms with Crippen LogP contribution < -0.4 is 0 Å². The molecule has 1 rings (SSSR count). The molecule has 1 aliphatic rings. The van der Waals surface area contributed by atoms with Crippen LogP contribution in [0, 0.1) is 0 Å². The van der Waals surface area contributed by atoms with E-state index in [4.69, 9.17) is 18.9 Å². The van der Waals surface area contributed by atoms with E-state index in [-0.39, 0.29) is 19.4 Å². The largest absolute Gasteiger partial charge is 0.472 e. The molecular weight excluding hydrogens is 326 g/mol. The highest BCUT2D eigenvalue weighted by Crippen LogP contribution is 2.47. The van der Waals surface area contributed by atoms with Crippen LogP contribution in [0.2, 0.25) is 0 Å². The lowest BCUT2D eigenvalue weighted by molar-refractivity contribution is 0.00564. The van der Waals surface area contributed by atoms with Crippen LogP contribution in [0.15, 0.2) is 0 Å². The Hall–Kier alpha value is 0.180. The number of phosphoric acid groups is 1. The van der Waals surface area contributed by atoms with E-state index in [1.165, 1.54) is 0 Å². The lowest BCUT2D eigenvalue weighted by Gasteiger charge is -2.21. The second-order valence-corrected chi connectivity index (χ2v) is 8.07. The van der Waals surface area contributed by atoms with Crippen molar-refractivity contribution in [1.29, 1.82) is 0 Å². The summed E-state index contributed by atoms with van der Waals surface area (Å²) in [5.74, 6) is 0. The minimum atomic E-state index is -4.14. The number of aliphatic hydroxyl groups excluding tert-OH is 1. The maximum atomic E-state index is 11.7. The molecule has 0 aliphatic carbocycles. The lowest BCUT2D eigenvalue weighted by Crippen LogP contribution is -2.28. The van der Waals surface area contributed by atoms with Crippen LogP contribution in [-0.4, -0.2) is 60.2 Å². The second kappa shape index (κ2) is 8.72. The van der Waals surface area contributed by atoms with Gasteiger partial charge in [0, 0.05) is 26.7 Å². The van der Waals surface area contributed by atoms with Crippen LogP contribution >= 0.6 is 15.4 Å². The van der Waals surface area contributed by atoms with Crippen molar-refractivity contribution >= 4 is 15.4 Å². The van der Waals surface area contributed by atoms with E-state index in [1.54, 1.807) is 0 Å². The molecule has 9 nitrogen and oxygen atoms in total. The summed E-state index contributed by atoms with van der Waals surface area (Å²) in [6.07, 6.45) is -0.367. The zero-order valence-corrected chi connectivity index (χ0v) is 13.6. The van der Waals surface area contributed by atoms with Gasteiger partial charge < -0.3 is 24.2 Å². The third-order valence-electron chi connectivity index (χ3n) is 2.94. The van der Waals surface area contributed by atoms with Crippen molar-refractivity contribution in [2.24, 2.45) is 0 Å². The van der Waals surface area contributed by atoms with Crippen LogP contribution in [0.3, 0.4) is 0 Å². The molecule has 0 spiro atoms. The van der Waals surface area contributed by atoms with Gasteiger partial charge in [0.15, 0.2) is 0 Å². The zero-order chi connectivity index (χ0) is 15.9. The minimum Gasteiger partial charge on any atom is -0.396 e. The van der Waals surface area contributed by atoms with Crippen LogP contribution in [0.1, 0.15) is 19.3 Å². The molecule has 4 atom stereocenters. The molecule has 3 N–H and O–H groups in total. The first-order chi connectivity index (χ1) is 9.79. The average molecular weight is 348 g/mol. The Balaban J connectivity index is 2.42. The highest BCUT2D eigenvalue weighted by Gasteiger charge is 2.37. The van der Waals surface area contributed by atoms with Gasteiger partial charge in [0.05, 0.1) is 12.8 Å². The Bertz CT molecular complexity index is 402. The van der Waals surface area contributed by atoms with Crippen LogP contribution in [-0.2, 0) is 27.4 Å². The summed E-state index contributed by atoms with van der Waals surface area (Å²) in [6, 6.07) is 0. The van der Waals surface area contributed by atoms with Gasteiger partial charge in [-0.1, -0.05) is 0 Å². The average Bonchev–Trinajstić information content (AvgIpc) is 2.83. The molecular formula is C10H22O9P2. The highest BCUT2D eigenvalue weighted by atomic mass is 31.2. The van der Waals surface area contributed by atoms with Gasteiger partial charge in [-0.25, -0.2) is 4.57 Å². The van der Waals surface area contributed by atoms with Crippen molar-refractivity contribution < 1.29 is 42.3 Å². The van der Waals surface area contributed by atoms with Gasteiger partial charge in [-0.05, 0) is 12.8 Å². The first-order valence-corrected chi connectivity index (χ1v) is 9.81. The van der Waals surface area contributed by atoms with E-state index in [0.29, 0.717) is 25.9 Å². The number of hydrogen-bond donors (Lipinski definition) is 3. The quantitative estimate of drug-likeness (QED) is 0.389. The molecule has 0 saturated carbocycles. The Morgan fingerprint density at radius 1 is 1.29 bits per heavy atom. The fourth-order valence-corrected chi connectivity index (χ4v) is 3.60. The van der Waals surface area contributed by atoms with Gasteiger partial charge in [-0.3, -0.25) is 13.6 Å². The maximum absolute atomic E-state index is 11.7. The lowest BCUT2D eigenvalue weighted by atomic mass is 10.2. The molecule has 1 saturated heterocycles. The number of phosphoric ester groups is 1. The first kappa shape index (κ1) is 19.2. The summed E-state index contributed by atoms with van der Waals surface area (Å²) in [5.41, 5.74) is 0. The number of unbranched alkanes of at least 4 members (excludes halogenated alkanes) is 1. The maximum Gasteiger partial charge on any atom is 0.472 e. The molecule has 0 aromatic carbocycles. The fourth-order valence-electron chi connectivity index (χ4n) is 1.80. The number of aliphatic hydroxyl groups is 1. The first-order valence-electron chi connectivity index (χ1n) is 6.55. The van der Waals surface area contributed by atoms with Crippen molar-refractivity contribution in [3.05, 3.63) is 0 Å². The standard InChI is InChI=1S/C10H22O9P2/c1-16-21(14,15)19-9-4-6-17-10(9)8-18-20(12,13)7-3-2-5-11/h9-11H,2-8H2,1H3,(H,12,13)(H,14,15)/t9?,10-/m1/s1. The molecule has 1 fully saturated rings. The van der Waals surface area contributed by atoms with E-state index in [9.17, 15) is 18.9 Å². The summed E-state index contributed by atoms with van der Waals surface area (Å²) < 4.78 is 42.5. The predicted octanol–water partition coefficient (Wildman–Crippen LogP) is 0.882. The molecule has 0 radical (unpaired) electrons. The van der Waals surface area contributed by atoms with Gasteiger partial charge in [-0.2, -0.15) is 0 Å². The summed E-state index contributed by atoms with van der Waals surface area (Å²) in [5, 5.41) is 8.62. The normalized spacial score (nSPS) is 28.2. The van der Waals surface area contributed by atoms with E-state index in [2.05, 4.69) is 4.52 Å². The van der Waals surface area contributed by atoms with Crippen LogP contribution in [0.5, 0.6) is 0 Å². The Morgan fingerprint density at radius 3 is 2.62 bits per heavy atom. The van der Waals surface area contributed by atoms with Crippen molar-refractivity contribution in [2.45, 2.75) is 31.5 Å². The smallest absolute Gasteiger partial charge is 0.396 e. The highest BCUT2D eigenvalue weighted by molar-refractivity contribution is 7.52. The van der Waals surface area contributed by atoms with E-state index < -0.39 is 27.6 Å². The fraction of sp³-hybridized carbons (Fsp3) is 1.00. The Kier molecular flexibility index (Phi) is 7.98. The predicted molar refractivity (Wildman–Crippen MR) is 73.0 cm³/mol. The summed E-state index contributed by atoms with van der Waals surface area (Å²) in [6.45, 7) is 0.0222. The SMILES string of the molecule is COP(=O)(O)OC1CCO[C@@H]1COP(=O)(O)CCCCO. The van der Waals surface area contributed by atoms with Crippen molar-refractivity contribution in [2.75, 3.05) is 33.1 Å². The van der Waals surface area contributed by atoms with E-state index in [0.717, 1.165) is 7.11 Å². The molecule has 0 aromatic rings. The molecule has 1 heterocycles. The van der Waals surface area contributed by atoms with Gasteiger partial charge >= 0.3 is 15.4 Å². The number of ether oxygens (including phenoxy) is 1. The third kappa shape index (κ3) is 7.32. The summed E-state index contributed by atoms with van der Waals surface area (Å²) >= 11 is 0. The van der Waals surface area contributed by atoms with Crippen LogP contribution in [0.25, 0.3) is 0 Å². The molecule has 1 aliphatic heterocycles. The Morgan fingerprint density at radius 2 is 2.00 bits per heavy atom. The number of rotatable bonds is 10. The van der Waals surface area contributed by atoms with Gasteiger partial charge in [0.2, 0.25) is 0 Å². The molecule has 21 heavy (non-hydrogen) atoms. The summed E-state index contributed by atoms with van der Waals surface area (Å²) in [7, 11) is -6.86. The summed E-state index contributed by atoms with van der Waals surface area (Å²) in [4.78, 5) is 18.9. The number of hydrogen-bond acceptors (Lipinski definition) is 7. The molecule has 0 amide bonds. The van der Waals surface area contributed by atoms with E-state index >= 15 is 0 Å². The second-order valence-electron chi connectivity index (χ2n) is 4.58. The van der Waals surface area contributed by atoms with Gasteiger partial charge in [0.1, 0.15) is 12.2 Å². The third-order valence-corrected chi connectivity index (χ3v) is 5.37.